The van der Waals surface area contributed by atoms with Crippen molar-refractivity contribution >= 4 is 0 Å². The van der Waals surface area contributed by atoms with E-state index in [1.165, 1.54) is 0 Å². The molecule has 9 atom stereocenters. The summed E-state index contributed by atoms with van der Waals surface area (Å²) in [5.74, 6) is 0. The maximum Gasteiger partial charge on any atom is 0.186 e. The Kier molecular flexibility index (Phi) is 9.29. The topological polar surface area (TPSA) is 158 Å². The summed E-state index contributed by atoms with van der Waals surface area (Å²) in [6, 6.07) is 0. The van der Waals surface area contributed by atoms with E-state index in [-0.39, 0.29) is 13.2 Å². The van der Waals surface area contributed by atoms with Gasteiger partial charge in [-0.05, 0) is 6.42 Å². The van der Waals surface area contributed by atoms with E-state index in [1.807, 2.05) is 0 Å². The number of rotatable bonds is 9. The fourth-order valence-corrected chi connectivity index (χ4v) is 3.04. The molecule has 2 fully saturated rings. The highest BCUT2D eigenvalue weighted by Crippen LogP contribution is 2.24. The van der Waals surface area contributed by atoms with Gasteiger partial charge >= 0.3 is 0 Å². The van der Waals surface area contributed by atoms with E-state index in [9.17, 15) is 30.6 Å². The monoisotopic (exact) mass is 396 g/mol. The standard InChI is InChI=1S/C17H32O10/c1-2-3-4-5-6-24-17-15(23)13(21)12(20)10(27-17)8-26-16-14(22)11(19)9(18)7-25-16/h9-23H,2-8H2,1H3/t9-,10+,11-,12-,13-,14-,15-,16-,17-/m1/s1. The molecule has 160 valence electrons. The Hall–Kier alpha value is -0.400. The van der Waals surface area contributed by atoms with Gasteiger partial charge in [0, 0.05) is 6.61 Å². The lowest BCUT2D eigenvalue weighted by Crippen LogP contribution is -2.60. The lowest BCUT2D eigenvalue weighted by Gasteiger charge is -2.41. The van der Waals surface area contributed by atoms with E-state index in [4.69, 9.17) is 18.9 Å². The zero-order chi connectivity index (χ0) is 20.0. The van der Waals surface area contributed by atoms with Gasteiger partial charge in [0.1, 0.15) is 42.7 Å². The molecular weight excluding hydrogens is 364 g/mol. The van der Waals surface area contributed by atoms with Crippen LogP contribution in [0, 0.1) is 0 Å². The second kappa shape index (κ2) is 11.0. The fourth-order valence-electron chi connectivity index (χ4n) is 3.04. The number of aliphatic hydroxyl groups excluding tert-OH is 6. The van der Waals surface area contributed by atoms with Crippen LogP contribution in [0.2, 0.25) is 0 Å². The number of ether oxygens (including phenoxy) is 4. The molecule has 0 amide bonds. The van der Waals surface area contributed by atoms with Crippen molar-refractivity contribution in [3.8, 4) is 0 Å². The molecule has 0 saturated carbocycles. The molecule has 0 radical (unpaired) electrons. The summed E-state index contributed by atoms with van der Waals surface area (Å²) < 4.78 is 21.4. The molecule has 6 N–H and O–H groups in total. The highest BCUT2D eigenvalue weighted by Gasteiger charge is 2.45. The molecule has 27 heavy (non-hydrogen) atoms. The Morgan fingerprint density at radius 1 is 0.778 bits per heavy atom. The van der Waals surface area contributed by atoms with Gasteiger partial charge in [0.05, 0.1) is 13.2 Å². The summed E-state index contributed by atoms with van der Waals surface area (Å²) in [6.45, 7) is 1.92. The molecule has 2 rings (SSSR count). The van der Waals surface area contributed by atoms with Gasteiger partial charge in [0.15, 0.2) is 12.6 Å². The Bertz CT molecular complexity index is 425. The fraction of sp³-hybridized carbons (Fsp3) is 1.00. The van der Waals surface area contributed by atoms with Gasteiger partial charge in [-0.25, -0.2) is 0 Å². The molecule has 0 aromatic heterocycles. The van der Waals surface area contributed by atoms with E-state index in [0.717, 1.165) is 25.7 Å². The molecule has 0 unspecified atom stereocenters. The van der Waals surface area contributed by atoms with Crippen LogP contribution in [-0.2, 0) is 18.9 Å². The first-order valence-electron chi connectivity index (χ1n) is 9.45. The van der Waals surface area contributed by atoms with Crippen molar-refractivity contribution in [2.24, 2.45) is 0 Å². The molecule has 0 aliphatic carbocycles. The van der Waals surface area contributed by atoms with Crippen molar-refractivity contribution < 1.29 is 49.6 Å². The van der Waals surface area contributed by atoms with E-state index in [2.05, 4.69) is 6.92 Å². The minimum absolute atomic E-state index is 0.220. The highest BCUT2D eigenvalue weighted by atomic mass is 16.7. The van der Waals surface area contributed by atoms with Gasteiger partial charge in [-0.1, -0.05) is 26.2 Å². The summed E-state index contributed by atoms with van der Waals surface area (Å²) >= 11 is 0. The zero-order valence-electron chi connectivity index (χ0n) is 15.5. The van der Waals surface area contributed by atoms with Crippen molar-refractivity contribution in [3.63, 3.8) is 0 Å². The quantitative estimate of drug-likeness (QED) is 0.237. The Balaban J connectivity index is 1.83. The molecule has 10 heteroatoms. The van der Waals surface area contributed by atoms with Crippen molar-refractivity contribution in [2.75, 3.05) is 19.8 Å². The van der Waals surface area contributed by atoms with Crippen molar-refractivity contribution in [3.05, 3.63) is 0 Å². The van der Waals surface area contributed by atoms with E-state index >= 15 is 0 Å². The van der Waals surface area contributed by atoms with Crippen LogP contribution in [0.25, 0.3) is 0 Å². The summed E-state index contributed by atoms with van der Waals surface area (Å²) in [5.41, 5.74) is 0. The van der Waals surface area contributed by atoms with Crippen molar-refractivity contribution in [1.82, 2.24) is 0 Å². The third-order valence-corrected chi connectivity index (χ3v) is 4.83. The molecule has 2 aliphatic rings. The molecule has 0 bridgehead atoms. The average molecular weight is 396 g/mol. The first kappa shape index (κ1) is 22.9. The van der Waals surface area contributed by atoms with Gasteiger partial charge in [-0.15, -0.1) is 0 Å². The van der Waals surface area contributed by atoms with Crippen LogP contribution in [0.3, 0.4) is 0 Å². The molecular formula is C17H32O10. The van der Waals surface area contributed by atoms with Crippen LogP contribution in [0.15, 0.2) is 0 Å². The maximum absolute atomic E-state index is 10.1. The lowest BCUT2D eigenvalue weighted by atomic mass is 9.99. The minimum Gasteiger partial charge on any atom is -0.388 e. The first-order chi connectivity index (χ1) is 12.9. The molecule has 2 aliphatic heterocycles. The molecule has 10 nitrogen and oxygen atoms in total. The number of unbranched alkanes of at least 4 members (excludes halogenated alkanes) is 3. The molecule has 0 spiro atoms. The number of aliphatic hydroxyl groups is 6. The maximum atomic E-state index is 10.1. The van der Waals surface area contributed by atoms with Gasteiger partial charge in [-0.2, -0.15) is 0 Å². The summed E-state index contributed by atoms with van der Waals surface area (Å²) in [7, 11) is 0. The predicted octanol–water partition coefficient (Wildman–Crippen LogP) is -2.15. The van der Waals surface area contributed by atoms with Crippen LogP contribution in [0.5, 0.6) is 0 Å². The SMILES string of the molecule is CCCCCCO[C@@H]1O[C@@H](CO[C@H]2OC[C@@H](O)[C@@H](O)[C@H]2O)[C@@H](O)[C@@H](O)[C@H]1O. The Morgan fingerprint density at radius 3 is 2.19 bits per heavy atom. The molecule has 0 aromatic carbocycles. The van der Waals surface area contributed by atoms with Crippen LogP contribution in [0.4, 0.5) is 0 Å². The number of hydrogen-bond donors (Lipinski definition) is 6. The average Bonchev–Trinajstić information content (AvgIpc) is 2.66. The van der Waals surface area contributed by atoms with E-state index in [1.54, 1.807) is 0 Å². The normalized spacial score (nSPS) is 43.0. The third-order valence-electron chi connectivity index (χ3n) is 4.83. The number of hydrogen-bond acceptors (Lipinski definition) is 10. The summed E-state index contributed by atoms with van der Waals surface area (Å²) in [4.78, 5) is 0. The Morgan fingerprint density at radius 2 is 1.48 bits per heavy atom. The summed E-state index contributed by atoms with van der Waals surface area (Å²) in [5, 5.41) is 59.1. The van der Waals surface area contributed by atoms with Crippen LogP contribution in [0.1, 0.15) is 32.6 Å². The van der Waals surface area contributed by atoms with Gasteiger partial charge in [-0.3, -0.25) is 0 Å². The van der Waals surface area contributed by atoms with E-state index in [0.29, 0.717) is 6.61 Å². The minimum atomic E-state index is -1.49. The molecule has 2 heterocycles. The van der Waals surface area contributed by atoms with Crippen LogP contribution in [-0.4, -0.2) is 106 Å². The van der Waals surface area contributed by atoms with E-state index < -0.39 is 55.3 Å². The second-order valence-corrected chi connectivity index (χ2v) is 7.03. The molecule has 0 aromatic rings. The van der Waals surface area contributed by atoms with Crippen molar-refractivity contribution in [2.45, 2.75) is 87.9 Å². The lowest BCUT2D eigenvalue weighted by molar-refractivity contribution is -0.320. The van der Waals surface area contributed by atoms with Crippen molar-refractivity contribution in [1.29, 1.82) is 0 Å². The van der Waals surface area contributed by atoms with Gasteiger partial charge in [0.25, 0.3) is 0 Å². The predicted molar refractivity (Wildman–Crippen MR) is 90.5 cm³/mol. The first-order valence-corrected chi connectivity index (χ1v) is 9.45. The summed E-state index contributed by atoms with van der Waals surface area (Å²) in [6.07, 6.45) is -7.94. The smallest absolute Gasteiger partial charge is 0.186 e. The van der Waals surface area contributed by atoms with Crippen LogP contribution >= 0.6 is 0 Å². The second-order valence-electron chi connectivity index (χ2n) is 7.03. The molecule has 2 saturated heterocycles. The Labute approximate surface area is 158 Å². The van der Waals surface area contributed by atoms with Crippen LogP contribution < -0.4 is 0 Å². The zero-order valence-corrected chi connectivity index (χ0v) is 15.5. The van der Waals surface area contributed by atoms with Gasteiger partial charge < -0.3 is 49.6 Å². The highest BCUT2D eigenvalue weighted by molar-refractivity contribution is 4.90. The third kappa shape index (κ3) is 6.04. The largest absolute Gasteiger partial charge is 0.388 e. The van der Waals surface area contributed by atoms with Gasteiger partial charge in [0.2, 0.25) is 0 Å².